The summed E-state index contributed by atoms with van der Waals surface area (Å²) in [6.45, 7) is 4.59. The third kappa shape index (κ3) is 3.93. The fraction of sp³-hybridized carbons (Fsp3) is 0.769. The normalized spacial score (nSPS) is 22.9. The monoisotopic (exact) mass is 286 g/mol. The number of carbonyl (C=O) groups is 3. The molecule has 0 aliphatic heterocycles. The molecule has 0 saturated heterocycles. The van der Waals surface area contributed by atoms with Gasteiger partial charge in [0.05, 0.1) is 18.4 Å². The highest BCUT2D eigenvalue weighted by atomic mass is 16.5. The van der Waals surface area contributed by atoms with Crippen molar-refractivity contribution in [3.63, 3.8) is 0 Å². The highest BCUT2D eigenvalue weighted by Crippen LogP contribution is 2.58. The second kappa shape index (κ2) is 6.69. The number of ether oxygens (including phenoxy) is 1. The number of aliphatic carboxylic acids is 1. The van der Waals surface area contributed by atoms with Crippen molar-refractivity contribution in [2.24, 2.45) is 17.3 Å². The van der Waals surface area contributed by atoms with Crippen molar-refractivity contribution in [1.82, 2.24) is 10.6 Å². The van der Waals surface area contributed by atoms with Crippen molar-refractivity contribution in [2.75, 3.05) is 26.8 Å². The van der Waals surface area contributed by atoms with E-state index in [9.17, 15) is 14.4 Å². The molecule has 1 rings (SSSR count). The SMILES string of the molecule is COCCNC(=O)CCNC(=O)C1C(C(=O)O)C1(C)C. The lowest BCUT2D eigenvalue weighted by molar-refractivity contribution is -0.140. The molecule has 0 spiro atoms. The van der Waals surface area contributed by atoms with E-state index in [0.717, 1.165) is 0 Å². The quantitative estimate of drug-likeness (QED) is 0.527. The summed E-state index contributed by atoms with van der Waals surface area (Å²) in [6, 6.07) is 0. The van der Waals surface area contributed by atoms with E-state index < -0.39 is 23.2 Å². The molecule has 1 aliphatic carbocycles. The van der Waals surface area contributed by atoms with Gasteiger partial charge in [0, 0.05) is 26.6 Å². The first kappa shape index (κ1) is 16.4. The molecule has 2 unspecified atom stereocenters. The Morgan fingerprint density at radius 3 is 2.30 bits per heavy atom. The summed E-state index contributed by atoms with van der Waals surface area (Å²) >= 11 is 0. The van der Waals surface area contributed by atoms with E-state index in [4.69, 9.17) is 9.84 Å². The third-order valence-corrected chi connectivity index (χ3v) is 3.66. The van der Waals surface area contributed by atoms with Gasteiger partial charge in [-0.1, -0.05) is 13.8 Å². The largest absolute Gasteiger partial charge is 0.481 e. The molecule has 7 heteroatoms. The molecule has 0 heterocycles. The van der Waals surface area contributed by atoms with Gasteiger partial charge in [0.25, 0.3) is 0 Å². The molecule has 2 amide bonds. The van der Waals surface area contributed by atoms with Crippen molar-refractivity contribution >= 4 is 17.8 Å². The van der Waals surface area contributed by atoms with Crippen LogP contribution >= 0.6 is 0 Å². The maximum atomic E-state index is 11.9. The topological polar surface area (TPSA) is 105 Å². The number of rotatable bonds is 8. The fourth-order valence-corrected chi connectivity index (χ4v) is 2.38. The van der Waals surface area contributed by atoms with E-state index in [1.165, 1.54) is 0 Å². The van der Waals surface area contributed by atoms with Crippen LogP contribution < -0.4 is 10.6 Å². The van der Waals surface area contributed by atoms with E-state index in [1.54, 1.807) is 21.0 Å². The van der Waals surface area contributed by atoms with Crippen molar-refractivity contribution in [2.45, 2.75) is 20.3 Å². The molecule has 0 aromatic carbocycles. The molecule has 20 heavy (non-hydrogen) atoms. The number of amides is 2. The van der Waals surface area contributed by atoms with Gasteiger partial charge in [-0.3, -0.25) is 14.4 Å². The Kier molecular flexibility index (Phi) is 5.50. The lowest BCUT2D eigenvalue weighted by atomic mass is 10.1. The predicted octanol–water partition coefficient (Wildman–Crippen LogP) is -0.388. The Morgan fingerprint density at radius 2 is 1.80 bits per heavy atom. The molecule has 3 N–H and O–H groups in total. The standard InChI is InChI=1S/C13H22N2O5/c1-13(2)9(10(13)12(18)19)11(17)15-5-4-8(16)14-6-7-20-3/h9-10H,4-7H2,1-3H3,(H,14,16)(H,15,17)(H,18,19). The number of hydrogen-bond donors (Lipinski definition) is 3. The van der Waals surface area contributed by atoms with Crippen LogP contribution in [-0.4, -0.2) is 49.7 Å². The summed E-state index contributed by atoms with van der Waals surface area (Å²) in [5.41, 5.74) is -0.517. The summed E-state index contributed by atoms with van der Waals surface area (Å²) in [6.07, 6.45) is 0.167. The van der Waals surface area contributed by atoms with E-state index in [-0.39, 0.29) is 24.8 Å². The van der Waals surface area contributed by atoms with E-state index >= 15 is 0 Å². The smallest absolute Gasteiger partial charge is 0.307 e. The predicted molar refractivity (Wildman–Crippen MR) is 70.9 cm³/mol. The lowest BCUT2D eigenvalue weighted by Crippen LogP contribution is -2.33. The Labute approximate surface area is 118 Å². The molecule has 2 atom stereocenters. The second-order valence-corrected chi connectivity index (χ2v) is 5.50. The summed E-state index contributed by atoms with van der Waals surface area (Å²) in [5, 5.41) is 14.2. The van der Waals surface area contributed by atoms with Crippen molar-refractivity contribution in [3.8, 4) is 0 Å². The van der Waals surface area contributed by atoms with Crippen LogP contribution in [0.2, 0.25) is 0 Å². The minimum absolute atomic E-state index is 0.167. The van der Waals surface area contributed by atoms with Gasteiger partial charge >= 0.3 is 5.97 Å². The number of carboxylic acids is 1. The molecule has 7 nitrogen and oxygen atoms in total. The van der Waals surface area contributed by atoms with Crippen LogP contribution in [0.25, 0.3) is 0 Å². The first-order valence-electron chi connectivity index (χ1n) is 6.58. The van der Waals surface area contributed by atoms with Crippen LogP contribution in [-0.2, 0) is 19.1 Å². The molecule has 1 aliphatic rings. The van der Waals surface area contributed by atoms with Crippen molar-refractivity contribution in [3.05, 3.63) is 0 Å². The first-order valence-corrected chi connectivity index (χ1v) is 6.58. The summed E-state index contributed by atoms with van der Waals surface area (Å²) in [7, 11) is 1.54. The Balaban J connectivity index is 2.25. The Morgan fingerprint density at radius 1 is 1.15 bits per heavy atom. The number of nitrogens with one attached hydrogen (secondary N) is 2. The van der Waals surface area contributed by atoms with Crippen LogP contribution in [0.5, 0.6) is 0 Å². The zero-order valence-electron chi connectivity index (χ0n) is 12.1. The van der Waals surface area contributed by atoms with Gasteiger partial charge in [0.2, 0.25) is 11.8 Å². The molecule has 0 aromatic heterocycles. The van der Waals surface area contributed by atoms with Crippen LogP contribution in [0.4, 0.5) is 0 Å². The molecule has 114 valence electrons. The summed E-state index contributed by atoms with van der Waals surface area (Å²) in [4.78, 5) is 34.2. The molecule has 0 bridgehead atoms. The fourth-order valence-electron chi connectivity index (χ4n) is 2.38. The zero-order chi connectivity index (χ0) is 15.3. The maximum Gasteiger partial charge on any atom is 0.307 e. The van der Waals surface area contributed by atoms with E-state index in [0.29, 0.717) is 13.2 Å². The highest BCUT2D eigenvalue weighted by Gasteiger charge is 2.65. The molecular weight excluding hydrogens is 264 g/mol. The Hall–Kier alpha value is -1.63. The Bertz CT molecular complexity index is 394. The average molecular weight is 286 g/mol. The van der Waals surface area contributed by atoms with Crippen LogP contribution in [0.3, 0.4) is 0 Å². The molecule has 1 saturated carbocycles. The maximum absolute atomic E-state index is 11.9. The van der Waals surface area contributed by atoms with Crippen LogP contribution in [0.1, 0.15) is 20.3 Å². The van der Waals surface area contributed by atoms with Crippen LogP contribution in [0, 0.1) is 17.3 Å². The molecule has 1 fully saturated rings. The van der Waals surface area contributed by atoms with Crippen molar-refractivity contribution in [1.29, 1.82) is 0 Å². The number of carboxylic acid groups (broad SMARTS) is 1. The third-order valence-electron chi connectivity index (χ3n) is 3.66. The van der Waals surface area contributed by atoms with Gasteiger partial charge in [0.1, 0.15) is 0 Å². The van der Waals surface area contributed by atoms with Gasteiger partial charge < -0.3 is 20.5 Å². The minimum Gasteiger partial charge on any atom is -0.481 e. The molecular formula is C13H22N2O5. The van der Waals surface area contributed by atoms with E-state index in [1.807, 2.05) is 0 Å². The second-order valence-electron chi connectivity index (χ2n) is 5.50. The van der Waals surface area contributed by atoms with Crippen LogP contribution in [0.15, 0.2) is 0 Å². The highest BCUT2D eigenvalue weighted by molar-refractivity contribution is 5.91. The van der Waals surface area contributed by atoms with Gasteiger partial charge in [0.15, 0.2) is 0 Å². The zero-order valence-corrected chi connectivity index (χ0v) is 12.1. The number of carbonyl (C=O) groups excluding carboxylic acids is 2. The van der Waals surface area contributed by atoms with Gasteiger partial charge in [-0.2, -0.15) is 0 Å². The van der Waals surface area contributed by atoms with Gasteiger partial charge in [-0.15, -0.1) is 0 Å². The summed E-state index contributed by atoms with van der Waals surface area (Å²) in [5.74, 6) is -2.58. The van der Waals surface area contributed by atoms with Crippen molar-refractivity contribution < 1.29 is 24.2 Å². The minimum atomic E-state index is -0.951. The van der Waals surface area contributed by atoms with Gasteiger partial charge in [-0.05, 0) is 5.41 Å². The lowest BCUT2D eigenvalue weighted by Gasteiger charge is -2.07. The average Bonchev–Trinajstić information content (AvgIpc) is 2.93. The van der Waals surface area contributed by atoms with E-state index in [2.05, 4.69) is 10.6 Å². The first-order chi connectivity index (χ1) is 9.32. The molecule has 0 aromatic rings. The number of methoxy groups -OCH3 is 1. The summed E-state index contributed by atoms with van der Waals surface area (Å²) < 4.78 is 4.79. The van der Waals surface area contributed by atoms with Gasteiger partial charge in [-0.25, -0.2) is 0 Å². The number of hydrogen-bond acceptors (Lipinski definition) is 4. The molecule has 0 radical (unpaired) electrons.